The van der Waals surface area contributed by atoms with E-state index in [1.807, 2.05) is 0 Å². The molecule has 1 N–H and O–H groups in total. The van der Waals surface area contributed by atoms with Crippen molar-refractivity contribution in [2.24, 2.45) is 0 Å². The number of hydrogen-bond donors (Lipinski definition) is 1. The molecule has 0 atom stereocenters. The highest BCUT2D eigenvalue weighted by Gasteiger charge is 1.86. The first-order valence-electron chi connectivity index (χ1n) is 3.51. The molecule has 56 valence electrons. The zero-order chi connectivity index (χ0) is 6.95. The first-order chi connectivity index (χ1) is 4.41. The molecule has 0 radical (unpaired) electrons. The Morgan fingerprint density at radius 3 is 2.33 bits per heavy atom. The zero-order valence-electron chi connectivity index (χ0n) is 6.10. The Bertz CT molecular complexity index is 40.2. The van der Waals surface area contributed by atoms with Crippen molar-refractivity contribution in [1.29, 1.82) is 0 Å². The van der Waals surface area contributed by atoms with Crippen molar-refractivity contribution < 1.29 is 9.84 Å². The van der Waals surface area contributed by atoms with Crippen LogP contribution >= 0.6 is 0 Å². The molecule has 0 unspecified atom stereocenters. The number of unbranched alkanes of at least 4 members (excludes halogenated alkanes) is 3. The number of hydrogen-bond acceptors (Lipinski definition) is 2. The average molecular weight is 132 g/mol. The highest BCUT2D eigenvalue weighted by Crippen LogP contribution is 1.97. The van der Waals surface area contributed by atoms with Crippen molar-refractivity contribution in [2.45, 2.75) is 25.7 Å². The molecule has 0 aliphatic rings. The van der Waals surface area contributed by atoms with Gasteiger partial charge in [0, 0.05) is 20.3 Å². The Labute approximate surface area is 56.8 Å². The minimum Gasteiger partial charge on any atom is -0.396 e. The summed E-state index contributed by atoms with van der Waals surface area (Å²) < 4.78 is 4.86. The quantitative estimate of drug-likeness (QED) is 0.550. The lowest BCUT2D eigenvalue weighted by Gasteiger charge is -1.96. The molecule has 9 heavy (non-hydrogen) atoms. The maximum Gasteiger partial charge on any atom is 0.0462 e. The molecule has 2 nitrogen and oxygen atoms in total. The van der Waals surface area contributed by atoms with E-state index < -0.39 is 0 Å². The van der Waals surface area contributed by atoms with Gasteiger partial charge in [-0.05, 0) is 12.8 Å². The summed E-state index contributed by atoms with van der Waals surface area (Å²) in [6.07, 6.45) is 4.36. The molecule has 0 saturated heterocycles. The maximum atomic E-state index is 8.39. The van der Waals surface area contributed by atoms with Gasteiger partial charge < -0.3 is 9.84 Å². The normalized spacial score (nSPS) is 10.0. The number of methoxy groups -OCH3 is 1. The Morgan fingerprint density at radius 1 is 1.11 bits per heavy atom. The standard InChI is InChI=1S/C7H16O2/c1-9-7-5-3-2-4-6-8/h8H,2-7H2,1H3. The van der Waals surface area contributed by atoms with Crippen LogP contribution in [0, 0.1) is 0 Å². The van der Waals surface area contributed by atoms with Crippen LogP contribution in [0.1, 0.15) is 25.7 Å². The minimum atomic E-state index is 0.326. The number of aliphatic hydroxyl groups excluding tert-OH is 1. The third-order valence-electron chi connectivity index (χ3n) is 1.26. The van der Waals surface area contributed by atoms with Crippen molar-refractivity contribution in [2.75, 3.05) is 20.3 Å². The van der Waals surface area contributed by atoms with Crippen LogP contribution in [-0.2, 0) is 4.74 Å². The van der Waals surface area contributed by atoms with E-state index in [-0.39, 0.29) is 0 Å². The first kappa shape index (κ1) is 8.92. The van der Waals surface area contributed by atoms with Crippen LogP contribution in [0.5, 0.6) is 0 Å². The second kappa shape index (κ2) is 7.92. The molecule has 0 fully saturated rings. The van der Waals surface area contributed by atoms with Gasteiger partial charge in [-0.15, -0.1) is 0 Å². The fraction of sp³-hybridized carbons (Fsp3) is 1.00. The molecule has 0 saturated carbocycles. The van der Waals surface area contributed by atoms with Gasteiger partial charge in [0.15, 0.2) is 0 Å². The Hall–Kier alpha value is -0.0800. The Balaban J connectivity index is 2.60. The van der Waals surface area contributed by atoms with Crippen molar-refractivity contribution in [3.63, 3.8) is 0 Å². The third-order valence-corrected chi connectivity index (χ3v) is 1.26. The summed E-state index contributed by atoms with van der Waals surface area (Å²) in [5, 5.41) is 8.39. The average Bonchev–Trinajstić information content (AvgIpc) is 1.89. The van der Waals surface area contributed by atoms with Crippen molar-refractivity contribution in [1.82, 2.24) is 0 Å². The van der Waals surface area contributed by atoms with Crippen molar-refractivity contribution in [3.8, 4) is 0 Å². The molecule has 2 heteroatoms. The second-order valence-electron chi connectivity index (χ2n) is 2.13. The Kier molecular flexibility index (Phi) is 7.85. The highest BCUT2D eigenvalue weighted by atomic mass is 16.5. The van der Waals surface area contributed by atoms with Gasteiger partial charge in [0.25, 0.3) is 0 Å². The molecule has 0 aliphatic heterocycles. The molecule has 0 bridgehead atoms. The van der Waals surface area contributed by atoms with E-state index in [0.717, 1.165) is 25.9 Å². The molecule has 0 aromatic rings. The molecule has 0 aromatic carbocycles. The van der Waals surface area contributed by atoms with Crippen LogP contribution in [0.3, 0.4) is 0 Å². The maximum absolute atomic E-state index is 8.39. The summed E-state index contributed by atoms with van der Waals surface area (Å²) in [4.78, 5) is 0. The van der Waals surface area contributed by atoms with E-state index >= 15 is 0 Å². The van der Waals surface area contributed by atoms with Gasteiger partial charge in [-0.1, -0.05) is 12.8 Å². The second-order valence-corrected chi connectivity index (χ2v) is 2.13. The van der Waals surface area contributed by atoms with E-state index in [4.69, 9.17) is 9.84 Å². The van der Waals surface area contributed by atoms with E-state index in [1.165, 1.54) is 6.42 Å². The van der Waals surface area contributed by atoms with Crippen LogP contribution < -0.4 is 0 Å². The number of ether oxygens (including phenoxy) is 1. The van der Waals surface area contributed by atoms with E-state index in [1.54, 1.807) is 7.11 Å². The van der Waals surface area contributed by atoms with Gasteiger partial charge in [0.1, 0.15) is 0 Å². The van der Waals surface area contributed by atoms with Crippen LogP contribution in [0.25, 0.3) is 0 Å². The van der Waals surface area contributed by atoms with Gasteiger partial charge in [0.05, 0.1) is 0 Å². The van der Waals surface area contributed by atoms with Crippen LogP contribution in [0.4, 0.5) is 0 Å². The molecular weight excluding hydrogens is 116 g/mol. The number of rotatable bonds is 6. The molecule has 0 amide bonds. The molecular formula is C7H16O2. The van der Waals surface area contributed by atoms with Crippen molar-refractivity contribution >= 4 is 0 Å². The largest absolute Gasteiger partial charge is 0.396 e. The smallest absolute Gasteiger partial charge is 0.0462 e. The van der Waals surface area contributed by atoms with Gasteiger partial charge in [-0.25, -0.2) is 0 Å². The Morgan fingerprint density at radius 2 is 1.78 bits per heavy atom. The molecule has 0 heterocycles. The third kappa shape index (κ3) is 7.92. The number of aliphatic hydroxyl groups is 1. The van der Waals surface area contributed by atoms with Gasteiger partial charge in [0.2, 0.25) is 0 Å². The van der Waals surface area contributed by atoms with Crippen molar-refractivity contribution in [3.05, 3.63) is 0 Å². The topological polar surface area (TPSA) is 29.5 Å². The lowest BCUT2D eigenvalue weighted by molar-refractivity contribution is 0.190. The van der Waals surface area contributed by atoms with Crippen LogP contribution in [-0.4, -0.2) is 25.4 Å². The first-order valence-corrected chi connectivity index (χ1v) is 3.51. The monoisotopic (exact) mass is 132 g/mol. The van der Waals surface area contributed by atoms with E-state index in [9.17, 15) is 0 Å². The van der Waals surface area contributed by atoms with E-state index in [0.29, 0.717) is 6.61 Å². The summed E-state index contributed by atoms with van der Waals surface area (Å²) in [5.74, 6) is 0. The van der Waals surface area contributed by atoms with Gasteiger partial charge in [-0.3, -0.25) is 0 Å². The predicted molar refractivity (Wildman–Crippen MR) is 37.4 cm³/mol. The predicted octanol–water partition coefficient (Wildman–Crippen LogP) is 1.19. The lowest BCUT2D eigenvalue weighted by Crippen LogP contribution is -1.89. The van der Waals surface area contributed by atoms with Crippen LogP contribution in [0.2, 0.25) is 0 Å². The summed E-state index contributed by atoms with van der Waals surface area (Å²) in [6, 6.07) is 0. The van der Waals surface area contributed by atoms with Gasteiger partial charge >= 0.3 is 0 Å². The summed E-state index contributed by atoms with van der Waals surface area (Å²) >= 11 is 0. The molecule has 0 spiro atoms. The summed E-state index contributed by atoms with van der Waals surface area (Å²) in [5.41, 5.74) is 0. The minimum absolute atomic E-state index is 0.326. The lowest BCUT2D eigenvalue weighted by atomic mass is 10.2. The molecule has 0 rings (SSSR count). The molecule has 0 aliphatic carbocycles. The molecule has 0 aromatic heterocycles. The fourth-order valence-electron chi connectivity index (χ4n) is 0.712. The summed E-state index contributed by atoms with van der Waals surface area (Å²) in [7, 11) is 1.71. The van der Waals surface area contributed by atoms with Gasteiger partial charge in [-0.2, -0.15) is 0 Å². The van der Waals surface area contributed by atoms with Crippen LogP contribution in [0.15, 0.2) is 0 Å². The summed E-state index contributed by atoms with van der Waals surface area (Å²) in [6.45, 7) is 1.18. The fourth-order valence-corrected chi connectivity index (χ4v) is 0.712. The highest BCUT2D eigenvalue weighted by molar-refractivity contribution is 4.40. The SMILES string of the molecule is COCCCCCCO. The van der Waals surface area contributed by atoms with E-state index in [2.05, 4.69) is 0 Å². The zero-order valence-corrected chi connectivity index (χ0v) is 6.10.